The van der Waals surface area contributed by atoms with Crippen molar-refractivity contribution in [3.8, 4) is 0 Å². The van der Waals surface area contributed by atoms with Gasteiger partial charge in [-0.3, -0.25) is 9.59 Å². The molecule has 0 bridgehead atoms. The van der Waals surface area contributed by atoms with E-state index in [1.165, 1.54) is 32.1 Å². The third-order valence-electron chi connectivity index (χ3n) is 4.47. The van der Waals surface area contributed by atoms with Crippen LogP contribution in [0.3, 0.4) is 0 Å². The minimum Gasteiger partial charge on any atom is -0.481 e. The second kappa shape index (κ2) is 18.5. The lowest BCUT2D eigenvalue weighted by Gasteiger charge is -2.16. The van der Waals surface area contributed by atoms with Gasteiger partial charge in [0, 0.05) is 6.42 Å². The summed E-state index contributed by atoms with van der Waals surface area (Å²) in [5.41, 5.74) is 0. The maximum atomic E-state index is 11.9. The van der Waals surface area contributed by atoms with Crippen molar-refractivity contribution < 1.29 is 19.4 Å². The van der Waals surface area contributed by atoms with E-state index in [2.05, 4.69) is 26.0 Å². The van der Waals surface area contributed by atoms with Crippen molar-refractivity contribution in [2.45, 2.75) is 116 Å². The van der Waals surface area contributed by atoms with Crippen molar-refractivity contribution in [3.63, 3.8) is 0 Å². The van der Waals surface area contributed by atoms with Gasteiger partial charge in [-0.15, -0.1) is 0 Å². The quantitative estimate of drug-likeness (QED) is 0.172. The molecule has 0 spiro atoms. The summed E-state index contributed by atoms with van der Waals surface area (Å²) in [7, 11) is 0. The molecule has 26 heavy (non-hydrogen) atoms. The van der Waals surface area contributed by atoms with E-state index in [9.17, 15) is 9.59 Å². The number of carboxylic acid groups (broad SMARTS) is 1. The van der Waals surface area contributed by atoms with Gasteiger partial charge < -0.3 is 9.84 Å². The van der Waals surface area contributed by atoms with E-state index in [0.29, 0.717) is 12.8 Å². The largest absolute Gasteiger partial charge is 0.481 e. The molecule has 1 N–H and O–H groups in total. The van der Waals surface area contributed by atoms with Crippen LogP contribution in [0.5, 0.6) is 0 Å². The van der Waals surface area contributed by atoms with Gasteiger partial charge in [-0.25, -0.2) is 0 Å². The lowest BCUT2D eigenvalue weighted by Crippen LogP contribution is -2.21. The Morgan fingerprint density at radius 3 is 2.12 bits per heavy atom. The van der Waals surface area contributed by atoms with Crippen LogP contribution < -0.4 is 0 Å². The first-order chi connectivity index (χ1) is 12.6. The third kappa shape index (κ3) is 17.5. The van der Waals surface area contributed by atoms with Gasteiger partial charge in [0.15, 0.2) is 0 Å². The number of carbonyl (C=O) groups is 2. The first-order valence-electron chi connectivity index (χ1n) is 10.7. The zero-order chi connectivity index (χ0) is 19.5. The van der Waals surface area contributed by atoms with Crippen LogP contribution in [0.25, 0.3) is 0 Å². The van der Waals surface area contributed by atoms with Crippen LogP contribution in [0, 0.1) is 0 Å². The molecule has 0 aliphatic rings. The van der Waals surface area contributed by atoms with Crippen LogP contribution in [0.4, 0.5) is 0 Å². The molecule has 0 amide bonds. The van der Waals surface area contributed by atoms with Crippen LogP contribution in [-0.2, 0) is 14.3 Å². The summed E-state index contributed by atoms with van der Waals surface area (Å²) >= 11 is 0. The van der Waals surface area contributed by atoms with E-state index in [1.54, 1.807) is 0 Å². The lowest BCUT2D eigenvalue weighted by atomic mass is 10.1. The first-order valence-corrected chi connectivity index (χ1v) is 10.7. The molecular weight excluding hydrogens is 328 g/mol. The molecule has 0 saturated carbocycles. The van der Waals surface area contributed by atoms with Crippen molar-refractivity contribution >= 4 is 11.9 Å². The van der Waals surface area contributed by atoms with Gasteiger partial charge >= 0.3 is 11.9 Å². The second-order valence-corrected chi connectivity index (χ2v) is 7.13. The van der Waals surface area contributed by atoms with Crippen molar-refractivity contribution in [2.75, 3.05) is 0 Å². The maximum absolute atomic E-state index is 11.9. The van der Waals surface area contributed by atoms with Crippen LogP contribution in [0.2, 0.25) is 0 Å². The minimum atomic E-state index is -0.900. The van der Waals surface area contributed by atoms with Crippen molar-refractivity contribution in [2.24, 2.45) is 0 Å². The highest BCUT2D eigenvalue weighted by Crippen LogP contribution is 2.13. The molecule has 1 atom stereocenters. The highest BCUT2D eigenvalue weighted by molar-refractivity contribution is 5.71. The highest BCUT2D eigenvalue weighted by atomic mass is 16.5. The normalized spacial score (nSPS) is 12.4. The van der Waals surface area contributed by atoms with Crippen LogP contribution in [0.15, 0.2) is 12.2 Å². The zero-order valence-corrected chi connectivity index (χ0v) is 17.0. The molecule has 4 nitrogen and oxygen atoms in total. The summed E-state index contributed by atoms with van der Waals surface area (Å²) in [5, 5.41) is 8.93. The van der Waals surface area contributed by atoms with E-state index in [0.717, 1.165) is 44.9 Å². The van der Waals surface area contributed by atoms with Gasteiger partial charge in [0.05, 0.1) is 6.42 Å². The van der Waals surface area contributed by atoms with Gasteiger partial charge in [0.1, 0.15) is 6.10 Å². The molecule has 4 heteroatoms. The number of rotatable bonds is 18. The van der Waals surface area contributed by atoms with E-state index >= 15 is 0 Å². The van der Waals surface area contributed by atoms with Gasteiger partial charge in [-0.1, -0.05) is 70.9 Å². The highest BCUT2D eigenvalue weighted by Gasteiger charge is 2.17. The first kappa shape index (κ1) is 24.7. The molecule has 0 radical (unpaired) electrons. The topological polar surface area (TPSA) is 63.6 Å². The molecule has 0 fully saturated rings. The third-order valence-corrected chi connectivity index (χ3v) is 4.47. The predicted molar refractivity (Wildman–Crippen MR) is 107 cm³/mol. The van der Waals surface area contributed by atoms with E-state index in [-0.39, 0.29) is 12.4 Å². The standard InChI is InChI=1S/C22H40O4/c1-3-5-7-8-9-10-11-12-13-14-16-18-22(25)26-20(19-21(23)24)17-15-6-4-2/h8-9,20H,3-7,10-19H2,1-2H3,(H,23,24)/b9-8-. The fraction of sp³-hybridized carbons (Fsp3) is 0.818. The fourth-order valence-electron chi connectivity index (χ4n) is 2.88. The number of carbonyl (C=O) groups excluding carboxylic acids is 1. The summed E-state index contributed by atoms with van der Waals surface area (Å²) in [5.74, 6) is -1.14. The van der Waals surface area contributed by atoms with Gasteiger partial charge in [-0.05, 0) is 38.5 Å². The van der Waals surface area contributed by atoms with Gasteiger partial charge in [0.2, 0.25) is 0 Å². The molecular formula is C22H40O4. The molecule has 0 aliphatic heterocycles. The molecule has 0 heterocycles. The predicted octanol–water partition coefficient (Wildman–Crippen LogP) is 6.43. The van der Waals surface area contributed by atoms with Gasteiger partial charge in [0.25, 0.3) is 0 Å². The second-order valence-electron chi connectivity index (χ2n) is 7.13. The van der Waals surface area contributed by atoms with Crippen molar-refractivity contribution in [3.05, 3.63) is 12.2 Å². The van der Waals surface area contributed by atoms with Crippen molar-refractivity contribution in [1.82, 2.24) is 0 Å². The molecule has 152 valence electrons. The Kier molecular flexibility index (Phi) is 17.5. The Bertz CT molecular complexity index is 376. The van der Waals surface area contributed by atoms with E-state index in [1.807, 2.05) is 0 Å². The molecule has 0 aliphatic carbocycles. The maximum Gasteiger partial charge on any atom is 0.307 e. The Labute approximate surface area is 160 Å². The molecule has 1 unspecified atom stereocenters. The average Bonchev–Trinajstić information content (AvgIpc) is 2.59. The number of allylic oxidation sites excluding steroid dienone is 2. The van der Waals surface area contributed by atoms with Gasteiger partial charge in [-0.2, -0.15) is 0 Å². The SMILES string of the molecule is CCCC/C=C\CCCCCCCC(=O)OC(CCCCC)CC(=O)O. The number of unbranched alkanes of at least 4 members (excludes halogenated alkanes) is 9. The lowest BCUT2D eigenvalue weighted by molar-refractivity contribution is -0.153. The zero-order valence-electron chi connectivity index (χ0n) is 17.0. The van der Waals surface area contributed by atoms with E-state index in [4.69, 9.17) is 9.84 Å². The molecule has 0 aromatic heterocycles. The van der Waals surface area contributed by atoms with E-state index < -0.39 is 12.1 Å². The minimum absolute atomic E-state index is 0.0821. The smallest absolute Gasteiger partial charge is 0.307 e. The number of esters is 1. The summed E-state index contributed by atoms with van der Waals surface area (Å²) in [6.45, 7) is 4.31. The monoisotopic (exact) mass is 368 g/mol. The Hall–Kier alpha value is -1.32. The summed E-state index contributed by atoms with van der Waals surface area (Å²) in [6.07, 6.45) is 18.4. The fourth-order valence-corrected chi connectivity index (χ4v) is 2.88. The summed E-state index contributed by atoms with van der Waals surface area (Å²) in [6, 6.07) is 0. The Morgan fingerprint density at radius 2 is 1.46 bits per heavy atom. The molecule has 0 aromatic rings. The number of ether oxygens (including phenoxy) is 1. The van der Waals surface area contributed by atoms with Crippen LogP contribution in [-0.4, -0.2) is 23.1 Å². The van der Waals surface area contributed by atoms with Crippen LogP contribution >= 0.6 is 0 Å². The van der Waals surface area contributed by atoms with Crippen LogP contribution in [0.1, 0.15) is 110 Å². The number of aliphatic carboxylic acids is 1. The summed E-state index contributed by atoms with van der Waals surface area (Å²) < 4.78 is 5.37. The Balaban J connectivity index is 3.69. The molecule has 0 aromatic carbocycles. The molecule has 0 rings (SSSR count). The van der Waals surface area contributed by atoms with Crippen molar-refractivity contribution in [1.29, 1.82) is 0 Å². The Morgan fingerprint density at radius 1 is 0.846 bits per heavy atom. The number of hydrogen-bond donors (Lipinski definition) is 1. The number of carboxylic acids is 1. The summed E-state index contributed by atoms with van der Waals surface area (Å²) in [4.78, 5) is 22.8. The average molecular weight is 369 g/mol. The number of hydrogen-bond acceptors (Lipinski definition) is 3. The molecule has 0 saturated heterocycles.